The SMILES string of the molecule is CCc1nc(-c2cccc(NC(=O)NCCc3c(C)nn(CC)c3C)c2)n[nH]1. The van der Waals surface area contributed by atoms with Gasteiger partial charge in [0.1, 0.15) is 5.82 Å². The van der Waals surface area contributed by atoms with Crippen molar-refractivity contribution in [3.63, 3.8) is 0 Å². The normalized spacial score (nSPS) is 10.9. The average molecular weight is 381 g/mol. The molecule has 0 unspecified atom stereocenters. The zero-order chi connectivity index (χ0) is 20.1. The van der Waals surface area contributed by atoms with Crippen molar-refractivity contribution in [2.75, 3.05) is 11.9 Å². The zero-order valence-corrected chi connectivity index (χ0v) is 16.8. The molecule has 8 nitrogen and oxygen atoms in total. The Morgan fingerprint density at radius 3 is 2.75 bits per heavy atom. The third-order valence-corrected chi connectivity index (χ3v) is 4.74. The molecule has 0 aliphatic rings. The van der Waals surface area contributed by atoms with Crippen molar-refractivity contribution in [2.24, 2.45) is 0 Å². The quantitative estimate of drug-likeness (QED) is 0.585. The molecular weight excluding hydrogens is 354 g/mol. The number of anilines is 1. The fourth-order valence-corrected chi connectivity index (χ4v) is 3.20. The first-order chi connectivity index (χ1) is 13.5. The Balaban J connectivity index is 1.56. The van der Waals surface area contributed by atoms with Gasteiger partial charge >= 0.3 is 6.03 Å². The van der Waals surface area contributed by atoms with Crippen molar-refractivity contribution in [1.29, 1.82) is 0 Å². The van der Waals surface area contributed by atoms with Gasteiger partial charge < -0.3 is 10.6 Å². The molecule has 3 aromatic rings. The van der Waals surface area contributed by atoms with Crippen LogP contribution in [0, 0.1) is 13.8 Å². The van der Waals surface area contributed by atoms with Crippen LogP contribution in [-0.4, -0.2) is 37.5 Å². The molecule has 0 saturated carbocycles. The summed E-state index contributed by atoms with van der Waals surface area (Å²) >= 11 is 0. The van der Waals surface area contributed by atoms with E-state index in [0.29, 0.717) is 18.1 Å². The van der Waals surface area contributed by atoms with Crippen molar-refractivity contribution >= 4 is 11.7 Å². The number of benzene rings is 1. The maximum atomic E-state index is 12.3. The summed E-state index contributed by atoms with van der Waals surface area (Å²) in [5, 5.41) is 17.4. The van der Waals surface area contributed by atoms with Crippen LogP contribution in [0.2, 0.25) is 0 Å². The Labute approximate surface area is 164 Å². The number of rotatable bonds is 7. The molecule has 0 spiro atoms. The van der Waals surface area contributed by atoms with Gasteiger partial charge in [-0.15, -0.1) is 0 Å². The van der Waals surface area contributed by atoms with Gasteiger partial charge in [-0.25, -0.2) is 9.78 Å². The van der Waals surface area contributed by atoms with Crippen molar-refractivity contribution in [1.82, 2.24) is 30.3 Å². The third kappa shape index (κ3) is 4.39. The van der Waals surface area contributed by atoms with E-state index < -0.39 is 0 Å². The molecule has 3 rings (SSSR count). The number of hydrogen-bond acceptors (Lipinski definition) is 4. The molecule has 0 aliphatic heterocycles. The van der Waals surface area contributed by atoms with E-state index in [2.05, 4.69) is 44.8 Å². The van der Waals surface area contributed by atoms with Crippen LogP contribution in [0.4, 0.5) is 10.5 Å². The molecule has 8 heteroatoms. The highest BCUT2D eigenvalue weighted by Gasteiger charge is 2.11. The summed E-state index contributed by atoms with van der Waals surface area (Å²) in [6.45, 7) is 9.56. The maximum Gasteiger partial charge on any atom is 0.319 e. The second-order valence-electron chi connectivity index (χ2n) is 6.64. The molecule has 1 aromatic carbocycles. The van der Waals surface area contributed by atoms with Crippen molar-refractivity contribution < 1.29 is 4.79 Å². The highest BCUT2D eigenvalue weighted by molar-refractivity contribution is 5.89. The zero-order valence-electron chi connectivity index (χ0n) is 16.8. The van der Waals surface area contributed by atoms with Gasteiger partial charge in [-0.05, 0) is 44.9 Å². The summed E-state index contributed by atoms with van der Waals surface area (Å²) in [5.41, 5.74) is 4.93. The van der Waals surface area contributed by atoms with E-state index in [0.717, 1.165) is 42.2 Å². The number of aryl methyl sites for hydroxylation is 3. The summed E-state index contributed by atoms with van der Waals surface area (Å²) in [6.07, 6.45) is 1.55. The predicted molar refractivity (Wildman–Crippen MR) is 109 cm³/mol. The summed E-state index contributed by atoms with van der Waals surface area (Å²) < 4.78 is 1.99. The van der Waals surface area contributed by atoms with Gasteiger partial charge in [-0.2, -0.15) is 10.2 Å². The minimum absolute atomic E-state index is 0.237. The number of hydrogen-bond donors (Lipinski definition) is 3. The number of aromatic nitrogens is 5. The molecule has 2 amide bonds. The number of aromatic amines is 1. The van der Waals surface area contributed by atoms with Crippen molar-refractivity contribution in [3.05, 3.63) is 47.0 Å². The first kappa shape index (κ1) is 19.6. The van der Waals surface area contributed by atoms with Crippen molar-refractivity contribution in [2.45, 2.75) is 47.1 Å². The van der Waals surface area contributed by atoms with Crippen LogP contribution in [0.1, 0.15) is 36.6 Å². The van der Waals surface area contributed by atoms with Crippen LogP contribution in [-0.2, 0) is 19.4 Å². The van der Waals surface area contributed by atoms with Gasteiger partial charge in [0.25, 0.3) is 0 Å². The second-order valence-corrected chi connectivity index (χ2v) is 6.64. The lowest BCUT2D eigenvalue weighted by atomic mass is 10.1. The van der Waals surface area contributed by atoms with Crippen LogP contribution < -0.4 is 10.6 Å². The fraction of sp³-hybridized carbons (Fsp3) is 0.400. The van der Waals surface area contributed by atoms with E-state index in [-0.39, 0.29) is 6.03 Å². The molecule has 0 saturated heterocycles. The van der Waals surface area contributed by atoms with E-state index in [1.165, 1.54) is 5.56 Å². The molecule has 28 heavy (non-hydrogen) atoms. The lowest BCUT2D eigenvalue weighted by molar-refractivity contribution is 0.252. The highest BCUT2D eigenvalue weighted by Crippen LogP contribution is 2.19. The van der Waals surface area contributed by atoms with Crippen molar-refractivity contribution in [3.8, 4) is 11.4 Å². The van der Waals surface area contributed by atoms with Gasteiger partial charge in [0, 0.05) is 36.5 Å². The van der Waals surface area contributed by atoms with Crippen LogP contribution >= 0.6 is 0 Å². The number of H-pyrrole nitrogens is 1. The van der Waals surface area contributed by atoms with Gasteiger partial charge in [-0.1, -0.05) is 19.1 Å². The topological polar surface area (TPSA) is 101 Å². The Morgan fingerprint density at radius 1 is 1.25 bits per heavy atom. The summed E-state index contributed by atoms with van der Waals surface area (Å²) in [5.74, 6) is 1.46. The van der Waals surface area contributed by atoms with Crippen LogP contribution in [0.5, 0.6) is 0 Å². The molecule has 148 valence electrons. The molecule has 0 fully saturated rings. The molecule has 2 heterocycles. The van der Waals surface area contributed by atoms with E-state index in [9.17, 15) is 4.79 Å². The van der Waals surface area contributed by atoms with Crippen LogP contribution in [0.25, 0.3) is 11.4 Å². The van der Waals surface area contributed by atoms with Crippen LogP contribution in [0.3, 0.4) is 0 Å². The number of carbonyl (C=O) groups excluding carboxylic acids is 1. The van der Waals surface area contributed by atoms with Gasteiger partial charge in [0.2, 0.25) is 0 Å². The maximum absolute atomic E-state index is 12.3. The standard InChI is InChI=1S/C20H27N7O/c1-5-18-23-19(25-24-18)15-8-7-9-16(12-15)22-20(28)21-11-10-17-13(3)26-27(6-2)14(17)4/h7-9,12H,5-6,10-11H2,1-4H3,(H2,21,22,28)(H,23,24,25). The lowest BCUT2D eigenvalue weighted by Gasteiger charge is -2.09. The molecule has 0 aliphatic carbocycles. The number of nitrogens with one attached hydrogen (secondary N) is 3. The van der Waals surface area contributed by atoms with Gasteiger partial charge in [0.15, 0.2) is 5.82 Å². The Bertz CT molecular complexity index is 957. The Morgan fingerprint density at radius 2 is 2.07 bits per heavy atom. The summed E-state index contributed by atoms with van der Waals surface area (Å²) in [4.78, 5) is 16.7. The third-order valence-electron chi connectivity index (χ3n) is 4.74. The number of carbonyl (C=O) groups is 1. The van der Waals surface area contributed by atoms with Gasteiger partial charge in [-0.3, -0.25) is 9.78 Å². The highest BCUT2D eigenvalue weighted by atomic mass is 16.2. The summed E-state index contributed by atoms with van der Waals surface area (Å²) in [6, 6.07) is 7.26. The monoisotopic (exact) mass is 381 g/mol. The smallest absolute Gasteiger partial charge is 0.319 e. The largest absolute Gasteiger partial charge is 0.338 e. The Hall–Kier alpha value is -3.16. The van der Waals surface area contributed by atoms with Gasteiger partial charge in [0.05, 0.1) is 5.69 Å². The van der Waals surface area contributed by atoms with E-state index in [4.69, 9.17) is 0 Å². The molecule has 3 N–H and O–H groups in total. The summed E-state index contributed by atoms with van der Waals surface area (Å²) in [7, 11) is 0. The number of amides is 2. The molecule has 0 radical (unpaired) electrons. The van der Waals surface area contributed by atoms with E-state index in [1.807, 2.05) is 42.8 Å². The fourth-order valence-electron chi connectivity index (χ4n) is 3.20. The minimum Gasteiger partial charge on any atom is -0.338 e. The van der Waals surface area contributed by atoms with Crippen LogP contribution in [0.15, 0.2) is 24.3 Å². The molecule has 0 atom stereocenters. The minimum atomic E-state index is -0.237. The molecule has 0 bridgehead atoms. The molecular formula is C20H27N7O. The lowest BCUT2D eigenvalue weighted by Crippen LogP contribution is -2.30. The van der Waals surface area contributed by atoms with E-state index in [1.54, 1.807) is 0 Å². The average Bonchev–Trinajstić information content (AvgIpc) is 3.28. The second kappa shape index (κ2) is 8.69. The first-order valence-corrected chi connectivity index (χ1v) is 9.61. The number of nitrogens with zero attached hydrogens (tertiary/aromatic N) is 4. The molecule has 2 aromatic heterocycles. The number of urea groups is 1. The Kier molecular flexibility index (Phi) is 6.08. The van der Waals surface area contributed by atoms with E-state index >= 15 is 0 Å². The predicted octanol–water partition coefficient (Wildman–Crippen LogP) is 3.23. The first-order valence-electron chi connectivity index (χ1n) is 9.61.